The lowest BCUT2D eigenvalue weighted by atomic mass is 10.0. The van der Waals surface area contributed by atoms with E-state index in [4.69, 9.17) is 5.11 Å². The molecule has 1 aliphatic rings. The van der Waals surface area contributed by atoms with Gasteiger partial charge in [-0.25, -0.2) is 10.3 Å². The number of carboxylic acid groups (broad SMARTS) is 1. The zero-order valence-electron chi connectivity index (χ0n) is 8.70. The van der Waals surface area contributed by atoms with E-state index in [1.54, 1.807) is 0 Å². The second kappa shape index (κ2) is 6.40. The summed E-state index contributed by atoms with van der Waals surface area (Å²) in [5.74, 6) is -0.663. The number of nitrogens with one attached hydrogen (secondary N) is 1. The van der Waals surface area contributed by atoms with Gasteiger partial charge in [0.05, 0.1) is 0 Å². The van der Waals surface area contributed by atoms with Gasteiger partial charge in [-0.2, -0.15) is 0 Å². The van der Waals surface area contributed by atoms with Crippen LogP contribution in [0.4, 0.5) is 0 Å². The van der Waals surface area contributed by atoms with Crippen LogP contribution in [0.3, 0.4) is 0 Å². The van der Waals surface area contributed by atoms with E-state index in [0.29, 0.717) is 12.3 Å². The van der Waals surface area contributed by atoms with Gasteiger partial charge in [-0.3, -0.25) is 9.63 Å². The zero-order valence-corrected chi connectivity index (χ0v) is 8.70. The van der Waals surface area contributed by atoms with E-state index >= 15 is 0 Å². The predicted octanol–water partition coefficient (Wildman–Crippen LogP) is 1.09. The quantitative estimate of drug-likeness (QED) is 0.650. The van der Waals surface area contributed by atoms with Gasteiger partial charge in [0.2, 0.25) is 5.91 Å². The smallest absolute Gasteiger partial charge is 0.332 e. The fraction of sp³-hybridized carbons (Fsp3) is 0.800. The van der Waals surface area contributed by atoms with E-state index < -0.39 is 12.6 Å². The molecule has 1 saturated carbocycles. The highest BCUT2D eigenvalue weighted by atomic mass is 16.7. The highest BCUT2D eigenvalue weighted by Gasteiger charge is 2.16. The molecule has 0 saturated heterocycles. The number of carbonyl (C=O) groups excluding carboxylic acids is 1. The van der Waals surface area contributed by atoms with Gasteiger partial charge in [-0.05, 0) is 12.3 Å². The van der Waals surface area contributed by atoms with E-state index in [-0.39, 0.29) is 5.91 Å². The third-order valence-electron chi connectivity index (χ3n) is 2.64. The van der Waals surface area contributed by atoms with Gasteiger partial charge in [-0.1, -0.05) is 25.7 Å². The first-order valence-electron chi connectivity index (χ1n) is 5.31. The molecule has 0 heterocycles. The molecule has 0 spiro atoms. The Labute approximate surface area is 88.8 Å². The summed E-state index contributed by atoms with van der Waals surface area (Å²) in [7, 11) is 0. The lowest BCUT2D eigenvalue weighted by molar-refractivity contribution is -0.149. The molecule has 1 amide bonds. The molecule has 0 radical (unpaired) electrons. The van der Waals surface area contributed by atoms with E-state index in [1.807, 2.05) is 0 Å². The molecule has 1 aliphatic carbocycles. The van der Waals surface area contributed by atoms with Crippen LogP contribution in [-0.2, 0) is 14.4 Å². The first-order chi connectivity index (χ1) is 7.18. The van der Waals surface area contributed by atoms with Crippen LogP contribution in [0.2, 0.25) is 0 Å². The zero-order chi connectivity index (χ0) is 11.1. The first kappa shape index (κ1) is 12.0. The van der Waals surface area contributed by atoms with Crippen LogP contribution >= 0.6 is 0 Å². The van der Waals surface area contributed by atoms with Crippen molar-refractivity contribution in [2.24, 2.45) is 5.92 Å². The summed E-state index contributed by atoms with van der Waals surface area (Å²) < 4.78 is 0. The standard InChI is InChI=1S/C10H17NO4/c12-9(11-15-7-10(13)14)6-5-8-3-1-2-4-8/h8H,1-7H2,(H,11,12)(H,13,14). The normalized spacial score (nSPS) is 16.5. The topological polar surface area (TPSA) is 75.6 Å². The molecule has 0 atom stereocenters. The summed E-state index contributed by atoms with van der Waals surface area (Å²) in [6.07, 6.45) is 6.25. The number of hydrogen-bond donors (Lipinski definition) is 2. The van der Waals surface area contributed by atoms with Crippen molar-refractivity contribution in [1.29, 1.82) is 0 Å². The largest absolute Gasteiger partial charge is 0.479 e. The van der Waals surface area contributed by atoms with Crippen LogP contribution in [0.1, 0.15) is 38.5 Å². The Kier molecular flexibility index (Phi) is 5.10. The van der Waals surface area contributed by atoms with E-state index in [1.165, 1.54) is 25.7 Å². The number of aliphatic carboxylic acids is 1. The minimum atomic E-state index is -1.09. The summed E-state index contributed by atoms with van der Waals surface area (Å²) >= 11 is 0. The SMILES string of the molecule is O=C(O)CONC(=O)CCC1CCCC1. The molecule has 1 rings (SSSR count). The molecule has 0 unspecified atom stereocenters. The Hall–Kier alpha value is -1.10. The molecule has 0 aromatic rings. The van der Waals surface area contributed by atoms with Crippen LogP contribution in [0.25, 0.3) is 0 Å². The number of carboxylic acids is 1. The summed E-state index contributed by atoms with van der Waals surface area (Å²) in [5.41, 5.74) is 2.12. The third kappa shape index (κ3) is 5.37. The van der Waals surface area contributed by atoms with Gasteiger partial charge < -0.3 is 5.11 Å². The molecule has 2 N–H and O–H groups in total. The molecule has 0 aliphatic heterocycles. The maximum atomic E-state index is 11.2. The fourth-order valence-corrected chi connectivity index (χ4v) is 1.86. The van der Waals surface area contributed by atoms with Crippen molar-refractivity contribution in [2.75, 3.05) is 6.61 Å². The summed E-state index contributed by atoms with van der Waals surface area (Å²) in [5, 5.41) is 8.25. The van der Waals surface area contributed by atoms with Crippen LogP contribution in [-0.4, -0.2) is 23.6 Å². The summed E-state index contributed by atoms with van der Waals surface area (Å²) in [4.78, 5) is 25.7. The maximum Gasteiger partial charge on any atom is 0.332 e. The predicted molar refractivity (Wildman–Crippen MR) is 52.9 cm³/mol. The molecule has 0 aromatic heterocycles. The number of amides is 1. The molecular weight excluding hydrogens is 198 g/mol. The Morgan fingerprint density at radius 1 is 1.33 bits per heavy atom. The Morgan fingerprint density at radius 3 is 2.60 bits per heavy atom. The Bertz CT molecular complexity index is 223. The number of rotatable bonds is 6. The number of hydroxylamine groups is 1. The van der Waals surface area contributed by atoms with Gasteiger partial charge in [0.25, 0.3) is 0 Å². The molecular formula is C10H17NO4. The molecule has 1 fully saturated rings. The molecule has 0 aromatic carbocycles. The van der Waals surface area contributed by atoms with Crippen molar-refractivity contribution in [2.45, 2.75) is 38.5 Å². The lowest BCUT2D eigenvalue weighted by Gasteiger charge is -2.08. The van der Waals surface area contributed by atoms with Gasteiger partial charge in [-0.15, -0.1) is 0 Å². The van der Waals surface area contributed by atoms with Gasteiger partial charge in [0, 0.05) is 6.42 Å². The fourth-order valence-electron chi connectivity index (χ4n) is 1.86. The van der Waals surface area contributed by atoms with Crippen molar-refractivity contribution >= 4 is 11.9 Å². The molecule has 86 valence electrons. The van der Waals surface area contributed by atoms with Crippen LogP contribution in [0.15, 0.2) is 0 Å². The van der Waals surface area contributed by atoms with E-state index in [2.05, 4.69) is 10.3 Å². The van der Waals surface area contributed by atoms with Crippen LogP contribution < -0.4 is 5.48 Å². The highest BCUT2D eigenvalue weighted by Crippen LogP contribution is 2.28. The van der Waals surface area contributed by atoms with Gasteiger partial charge in [0.15, 0.2) is 6.61 Å². The van der Waals surface area contributed by atoms with Gasteiger partial charge >= 0.3 is 5.97 Å². The van der Waals surface area contributed by atoms with Crippen molar-refractivity contribution in [3.8, 4) is 0 Å². The monoisotopic (exact) mass is 215 g/mol. The number of hydrogen-bond acceptors (Lipinski definition) is 3. The van der Waals surface area contributed by atoms with E-state index in [9.17, 15) is 9.59 Å². The minimum Gasteiger partial charge on any atom is -0.479 e. The average Bonchev–Trinajstić information content (AvgIpc) is 2.66. The van der Waals surface area contributed by atoms with Crippen molar-refractivity contribution < 1.29 is 19.5 Å². The van der Waals surface area contributed by atoms with E-state index in [0.717, 1.165) is 6.42 Å². The third-order valence-corrected chi connectivity index (χ3v) is 2.64. The molecule has 5 heteroatoms. The Morgan fingerprint density at radius 2 is 2.00 bits per heavy atom. The average molecular weight is 215 g/mol. The van der Waals surface area contributed by atoms with Crippen LogP contribution in [0, 0.1) is 5.92 Å². The summed E-state index contributed by atoms with van der Waals surface area (Å²) in [6, 6.07) is 0. The molecule has 5 nitrogen and oxygen atoms in total. The molecule has 15 heavy (non-hydrogen) atoms. The van der Waals surface area contributed by atoms with Gasteiger partial charge in [0.1, 0.15) is 0 Å². The summed E-state index contributed by atoms with van der Waals surface area (Å²) in [6.45, 7) is -0.491. The highest BCUT2D eigenvalue weighted by molar-refractivity contribution is 5.75. The van der Waals surface area contributed by atoms with Crippen LogP contribution in [0.5, 0.6) is 0 Å². The first-order valence-corrected chi connectivity index (χ1v) is 5.31. The lowest BCUT2D eigenvalue weighted by Crippen LogP contribution is -2.26. The van der Waals surface area contributed by atoms with Crippen molar-refractivity contribution in [1.82, 2.24) is 5.48 Å². The van der Waals surface area contributed by atoms with Crippen molar-refractivity contribution in [3.05, 3.63) is 0 Å². The Balaban J connectivity index is 2.00. The molecule has 0 bridgehead atoms. The second-order valence-electron chi connectivity index (χ2n) is 3.90. The minimum absolute atomic E-state index is 0.233. The number of carbonyl (C=O) groups is 2. The maximum absolute atomic E-state index is 11.2. The van der Waals surface area contributed by atoms with Crippen molar-refractivity contribution in [3.63, 3.8) is 0 Å². The second-order valence-corrected chi connectivity index (χ2v) is 3.90.